The molecule has 1 aliphatic rings. The van der Waals surface area contributed by atoms with Gasteiger partial charge in [-0.05, 0) is 18.6 Å². The Morgan fingerprint density at radius 1 is 1.22 bits per heavy atom. The summed E-state index contributed by atoms with van der Waals surface area (Å²) in [6.07, 6.45) is 3.36. The zero-order valence-electron chi connectivity index (χ0n) is 10.8. The van der Waals surface area contributed by atoms with E-state index < -0.39 is 0 Å². The van der Waals surface area contributed by atoms with E-state index in [1.807, 2.05) is 12.1 Å². The average molecular weight is 245 g/mol. The summed E-state index contributed by atoms with van der Waals surface area (Å²) < 4.78 is 11.5. The van der Waals surface area contributed by atoms with Crippen molar-refractivity contribution in [3.63, 3.8) is 0 Å². The maximum atomic E-state index is 8.74. The lowest BCUT2D eigenvalue weighted by Crippen LogP contribution is -2.27. The molecule has 0 aliphatic carbocycles. The normalized spacial score (nSPS) is 23.6. The van der Waals surface area contributed by atoms with Crippen LogP contribution in [0.1, 0.15) is 43.6 Å². The van der Waals surface area contributed by atoms with Gasteiger partial charge in [-0.1, -0.05) is 31.9 Å². The van der Waals surface area contributed by atoms with E-state index in [0.717, 1.165) is 18.8 Å². The van der Waals surface area contributed by atoms with Crippen LogP contribution in [-0.2, 0) is 9.47 Å². The number of nitrogens with zero attached hydrogens (tertiary/aromatic N) is 1. The fourth-order valence-electron chi connectivity index (χ4n) is 2.11. The molecule has 0 bridgehead atoms. The van der Waals surface area contributed by atoms with E-state index in [2.05, 4.69) is 13.0 Å². The second kappa shape index (κ2) is 6.53. The van der Waals surface area contributed by atoms with Gasteiger partial charge in [-0.3, -0.25) is 0 Å². The number of ether oxygens (including phenoxy) is 2. The molecule has 1 fully saturated rings. The quantitative estimate of drug-likeness (QED) is 0.816. The number of hydrogen-bond acceptors (Lipinski definition) is 3. The second-order valence-corrected chi connectivity index (χ2v) is 4.74. The van der Waals surface area contributed by atoms with Gasteiger partial charge in [0, 0.05) is 11.5 Å². The van der Waals surface area contributed by atoms with Crippen molar-refractivity contribution in [3.8, 4) is 6.07 Å². The molecule has 18 heavy (non-hydrogen) atoms. The molecule has 0 atom stereocenters. The molecule has 3 heteroatoms. The van der Waals surface area contributed by atoms with Crippen molar-refractivity contribution >= 4 is 0 Å². The summed E-state index contributed by atoms with van der Waals surface area (Å²) in [7, 11) is 0. The van der Waals surface area contributed by atoms with Crippen LogP contribution >= 0.6 is 0 Å². The first-order chi connectivity index (χ1) is 8.83. The van der Waals surface area contributed by atoms with Gasteiger partial charge in [0.05, 0.1) is 24.8 Å². The lowest BCUT2D eigenvalue weighted by Gasteiger charge is -2.29. The van der Waals surface area contributed by atoms with Crippen molar-refractivity contribution in [3.05, 3.63) is 35.4 Å². The summed E-state index contributed by atoms with van der Waals surface area (Å²) in [5, 5.41) is 8.74. The molecular weight excluding hydrogens is 226 g/mol. The first-order valence-electron chi connectivity index (χ1n) is 6.56. The standard InChI is InChI=1S/C15H19NO2/c1-2-3-4-13-10-17-15(18-11-13)14-7-5-12(9-16)6-8-14/h5-8,13,15H,2-4,10-11H2,1H3. The van der Waals surface area contributed by atoms with Gasteiger partial charge in [0.2, 0.25) is 0 Å². The molecule has 3 nitrogen and oxygen atoms in total. The van der Waals surface area contributed by atoms with Crippen molar-refractivity contribution in [1.82, 2.24) is 0 Å². The van der Waals surface area contributed by atoms with Gasteiger partial charge in [0.1, 0.15) is 0 Å². The summed E-state index contributed by atoms with van der Waals surface area (Å²) in [6, 6.07) is 9.50. The van der Waals surface area contributed by atoms with Crippen LogP contribution < -0.4 is 0 Å². The minimum absolute atomic E-state index is 0.268. The molecule has 1 aromatic rings. The molecule has 0 unspecified atom stereocenters. The molecule has 0 N–H and O–H groups in total. The zero-order chi connectivity index (χ0) is 12.8. The van der Waals surface area contributed by atoms with Crippen LogP contribution in [0.5, 0.6) is 0 Å². The van der Waals surface area contributed by atoms with Gasteiger partial charge >= 0.3 is 0 Å². The third kappa shape index (κ3) is 3.32. The number of benzene rings is 1. The van der Waals surface area contributed by atoms with E-state index in [9.17, 15) is 0 Å². The van der Waals surface area contributed by atoms with E-state index >= 15 is 0 Å². The SMILES string of the molecule is CCCCC1COC(c2ccc(C#N)cc2)OC1. The third-order valence-corrected chi connectivity index (χ3v) is 3.24. The maximum absolute atomic E-state index is 8.74. The molecule has 1 aromatic carbocycles. The van der Waals surface area contributed by atoms with Crippen molar-refractivity contribution in [1.29, 1.82) is 5.26 Å². The second-order valence-electron chi connectivity index (χ2n) is 4.74. The van der Waals surface area contributed by atoms with Crippen molar-refractivity contribution < 1.29 is 9.47 Å². The topological polar surface area (TPSA) is 42.2 Å². The third-order valence-electron chi connectivity index (χ3n) is 3.24. The maximum Gasteiger partial charge on any atom is 0.183 e. The predicted molar refractivity (Wildman–Crippen MR) is 68.8 cm³/mol. The first kappa shape index (κ1) is 13.1. The number of hydrogen-bond donors (Lipinski definition) is 0. The Balaban J connectivity index is 1.87. The summed E-state index contributed by atoms with van der Waals surface area (Å²) in [5.74, 6) is 0.527. The Hall–Kier alpha value is -1.37. The fraction of sp³-hybridized carbons (Fsp3) is 0.533. The van der Waals surface area contributed by atoms with Gasteiger partial charge in [-0.25, -0.2) is 0 Å². The van der Waals surface area contributed by atoms with Crippen LogP contribution in [0.4, 0.5) is 0 Å². The van der Waals surface area contributed by atoms with Crippen LogP contribution in [0.2, 0.25) is 0 Å². The highest BCUT2D eigenvalue weighted by atomic mass is 16.7. The van der Waals surface area contributed by atoms with E-state index in [1.165, 1.54) is 19.3 Å². The van der Waals surface area contributed by atoms with E-state index in [4.69, 9.17) is 14.7 Å². The Bertz CT molecular complexity index is 399. The smallest absolute Gasteiger partial charge is 0.183 e. The Morgan fingerprint density at radius 3 is 2.44 bits per heavy atom. The van der Waals surface area contributed by atoms with Crippen LogP contribution in [-0.4, -0.2) is 13.2 Å². The van der Waals surface area contributed by atoms with Crippen LogP contribution in [0.25, 0.3) is 0 Å². The van der Waals surface area contributed by atoms with Gasteiger partial charge < -0.3 is 9.47 Å². The van der Waals surface area contributed by atoms with E-state index in [1.54, 1.807) is 12.1 Å². The van der Waals surface area contributed by atoms with Crippen molar-refractivity contribution in [2.24, 2.45) is 5.92 Å². The number of rotatable bonds is 4. The highest BCUT2D eigenvalue weighted by Gasteiger charge is 2.22. The molecule has 2 rings (SSSR count). The van der Waals surface area contributed by atoms with Gasteiger partial charge in [-0.15, -0.1) is 0 Å². The van der Waals surface area contributed by atoms with Gasteiger partial charge in [0.15, 0.2) is 6.29 Å². The molecule has 1 saturated heterocycles. The summed E-state index contributed by atoms with van der Waals surface area (Å²) >= 11 is 0. The van der Waals surface area contributed by atoms with Crippen LogP contribution in [0.3, 0.4) is 0 Å². The van der Waals surface area contributed by atoms with Crippen LogP contribution in [0, 0.1) is 17.2 Å². The lowest BCUT2D eigenvalue weighted by molar-refractivity contribution is -0.206. The number of nitriles is 1. The largest absolute Gasteiger partial charge is 0.348 e. The minimum atomic E-state index is -0.268. The molecule has 0 radical (unpaired) electrons. The Labute approximate surface area is 108 Å². The molecule has 0 amide bonds. The average Bonchev–Trinajstić information content (AvgIpc) is 2.46. The van der Waals surface area contributed by atoms with E-state index in [-0.39, 0.29) is 6.29 Å². The van der Waals surface area contributed by atoms with Gasteiger partial charge in [0.25, 0.3) is 0 Å². The molecule has 1 aliphatic heterocycles. The lowest BCUT2D eigenvalue weighted by atomic mass is 10.0. The Morgan fingerprint density at radius 2 is 1.89 bits per heavy atom. The highest BCUT2D eigenvalue weighted by Crippen LogP contribution is 2.27. The number of unbranched alkanes of at least 4 members (excludes halogenated alkanes) is 1. The van der Waals surface area contributed by atoms with Crippen molar-refractivity contribution in [2.75, 3.05) is 13.2 Å². The molecular formula is C15H19NO2. The molecule has 0 saturated carbocycles. The first-order valence-corrected chi connectivity index (χ1v) is 6.56. The minimum Gasteiger partial charge on any atom is -0.348 e. The highest BCUT2D eigenvalue weighted by molar-refractivity contribution is 5.32. The van der Waals surface area contributed by atoms with Crippen LogP contribution in [0.15, 0.2) is 24.3 Å². The Kier molecular flexibility index (Phi) is 4.74. The van der Waals surface area contributed by atoms with E-state index in [0.29, 0.717) is 11.5 Å². The summed E-state index contributed by atoms with van der Waals surface area (Å²) in [4.78, 5) is 0. The van der Waals surface area contributed by atoms with Crippen molar-refractivity contribution in [2.45, 2.75) is 32.5 Å². The summed E-state index contributed by atoms with van der Waals surface area (Å²) in [6.45, 7) is 3.74. The summed E-state index contributed by atoms with van der Waals surface area (Å²) in [5.41, 5.74) is 1.65. The molecule has 0 aromatic heterocycles. The molecule has 0 spiro atoms. The molecule has 1 heterocycles. The molecule has 96 valence electrons. The fourth-order valence-corrected chi connectivity index (χ4v) is 2.11. The monoisotopic (exact) mass is 245 g/mol. The predicted octanol–water partition coefficient (Wildman–Crippen LogP) is 3.41. The van der Waals surface area contributed by atoms with Gasteiger partial charge in [-0.2, -0.15) is 5.26 Å². The zero-order valence-corrected chi connectivity index (χ0v) is 10.8.